The third-order valence-electron chi connectivity index (χ3n) is 4.38. The fourth-order valence-corrected chi connectivity index (χ4v) is 2.97. The molecule has 1 aliphatic rings. The quantitative estimate of drug-likeness (QED) is 0.849. The van der Waals surface area contributed by atoms with Crippen molar-refractivity contribution in [3.05, 3.63) is 34.2 Å². The summed E-state index contributed by atoms with van der Waals surface area (Å²) >= 11 is 0. The number of nitrogens with zero attached hydrogens (tertiary/aromatic N) is 4. The van der Waals surface area contributed by atoms with Crippen LogP contribution in [0.15, 0.2) is 23.0 Å². The van der Waals surface area contributed by atoms with Crippen LogP contribution >= 0.6 is 0 Å². The standard InChI is InChI=1S/C16H18N4O2/c1-10-9-20(6-5-14(10)21)13-7-15(22)19(2)12-4-3-11(8-17)18-16(12)13/h3-4,7,10,14,21H,5-6,9H2,1-2H3/t10-,14+/m0/s1. The molecule has 3 rings (SSSR count). The fourth-order valence-electron chi connectivity index (χ4n) is 2.97. The zero-order chi connectivity index (χ0) is 15.9. The monoisotopic (exact) mass is 298 g/mol. The zero-order valence-electron chi connectivity index (χ0n) is 12.7. The molecule has 2 aromatic rings. The van der Waals surface area contributed by atoms with Crippen LogP contribution in [0, 0.1) is 17.2 Å². The van der Waals surface area contributed by atoms with Gasteiger partial charge in [0.15, 0.2) is 0 Å². The molecular weight excluding hydrogens is 280 g/mol. The number of aryl methyl sites for hydroxylation is 1. The van der Waals surface area contributed by atoms with Crippen LogP contribution in [0.5, 0.6) is 0 Å². The lowest BCUT2D eigenvalue weighted by Crippen LogP contribution is -2.42. The molecule has 1 saturated heterocycles. The second kappa shape index (κ2) is 5.43. The Bertz CT molecular complexity index is 821. The van der Waals surface area contributed by atoms with Crippen LogP contribution in [-0.4, -0.2) is 33.9 Å². The summed E-state index contributed by atoms with van der Waals surface area (Å²) in [5, 5.41) is 19.0. The van der Waals surface area contributed by atoms with E-state index in [4.69, 9.17) is 5.26 Å². The van der Waals surface area contributed by atoms with Gasteiger partial charge in [0.05, 0.1) is 17.3 Å². The predicted molar refractivity (Wildman–Crippen MR) is 83.7 cm³/mol. The molecule has 1 fully saturated rings. The first-order chi connectivity index (χ1) is 10.5. The van der Waals surface area contributed by atoms with Crippen molar-refractivity contribution in [1.82, 2.24) is 9.55 Å². The number of aliphatic hydroxyl groups excluding tert-OH is 1. The summed E-state index contributed by atoms with van der Waals surface area (Å²) < 4.78 is 1.54. The molecule has 2 atom stereocenters. The number of rotatable bonds is 1. The van der Waals surface area contributed by atoms with E-state index >= 15 is 0 Å². The average molecular weight is 298 g/mol. The third-order valence-corrected chi connectivity index (χ3v) is 4.38. The largest absolute Gasteiger partial charge is 0.393 e. The number of piperidine rings is 1. The number of nitriles is 1. The molecule has 0 spiro atoms. The van der Waals surface area contributed by atoms with Gasteiger partial charge in [0.1, 0.15) is 17.3 Å². The lowest BCUT2D eigenvalue weighted by molar-refractivity contribution is 0.0971. The van der Waals surface area contributed by atoms with Gasteiger partial charge in [-0.3, -0.25) is 4.79 Å². The van der Waals surface area contributed by atoms with Gasteiger partial charge in [-0.05, 0) is 24.5 Å². The summed E-state index contributed by atoms with van der Waals surface area (Å²) in [6.45, 7) is 3.34. The van der Waals surface area contributed by atoms with E-state index in [1.54, 1.807) is 25.2 Å². The Labute approximate surface area is 128 Å². The van der Waals surface area contributed by atoms with Crippen LogP contribution < -0.4 is 10.5 Å². The second-order valence-electron chi connectivity index (χ2n) is 5.88. The van der Waals surface area contributed by atoms with Crippen molar-refractivity contribution in [2.45, 2.75) is 19.4 Å². The van der Waals surface area contributed by atoms with Gasteiger partial charge in [-0.15, -0.1) is 0 Å². The van der Waals surface area contributed by atoms with Crippen LogP contribution in [0.25, 0.3) is 11.0 Å². The molecule has 1 N–H and O–H groups in total. The minimum atomic E-state index is -0.309. The van der Waals surface area contributed by atoms with E-state index in [0.29, 0.717) is 36.2 Å². The molecule has 3 heterocycles. The average Bonchev–Trinajstić information content (AvgIpc) is 2.53. The van der Waals surface area contributed by atoms with Crippen LogP contribution in [0.1, 0.15) is 19.0 Å². The van der Waals surface area contributed by atoms with Crippen LogP contribution in [-0.2, 0) is 7.05 Å². The number of aromatic nitrogens is 2. The second-order valence-corrected chi connectivity index (χ2v) is 5.88. The topological polar surface area (TPSA) is 82.2 Å². The molecule has 0 saturated carbocycles. The van der Waals surface area contributed by atoms with Crippen molar-refractivity contribution >= 4 is 16.7 Å². The smallest absolute Gasteiger partial charge is 0.252 e. The fraction of sp³-hybridized carbons (Fsp3) is 0.438. The van der Waals surface area contributed by atoms with Gasteiger partial charge in [-0.2, -0.15) is 5.26 Å². The summed E-state index contributed by atoms with van der Waals surface area (Å²) in [7, 11) is 1.70. The van der Waals surface area contributed by atoms with Crippen molar-refractivity contribution in [3.63, 3.8) is 0 Å². The maximum atomic E-state index is 12.2. The Hall–Kier alpha value is -2.39. The van der Waals surface area contributed by atoms with Crippen LogP contribution in [0.3, 0.4) is 0 Å². The minimum absolute atomic E-state index is 0.104. The molecule has 0 amide bonds. The molecule has 0 bridgehead atoms. The highest BCUT2D eigenvalue weighted by Crippen LogP contribution is 2.28. The van der Waals surface area contributed by atoms with Gasteiger partial charge < -0.3 is 14.6 Å². The molecule has 1 aliphatic heterocycles. The normalized spacial score (nSPS) is 21.8. The number of hydrogen-bond donors (Lipinski definition) is 1. The zero-order valence-corrected chi connectivity index (χ0v) is 12.7. The molecule has 6 heteroatoms. The summed E-state index contributed by atoms with van der Waals surface area (Å²) in [4.78, 5) is 18.7. The molecule has 22 heavy (non-hydrogen) atoms. The van der Waals surface area contributed by atoms with Gasteiger partial charge in [0.2, 0.25) is 0 Å². The Balaban J connectivity index is 2.18. The molecule has 6 nitrogen and oxygen atoms in total. The summed E-state index contributed by atoms with van der Waals surface area (Å²) in [6.07, 6.45) is 0.354. The molecule has 0 aliphatic carbocycles. The first-order valence-corrected chi connectivity index (χ1v) is 7.35. The van der Waals surface area contributed by atoms with E-state index in [0.717, 1.165) is 5.69 Å². The SMILES string of the molecule is C[C@H]1CN(c2cc(=O)n(C)c3ccc(C#N)nc23)CC[C@H]1O. The predicted octanol–water partition coefficient (Wildman–Crippen LogP) is 1.01. The van der Waals surface area contributed by atoms with E-state index in [1.165, 1.54) is 4.57 Å². The van der Waals surface area contributed by atoms with Crippen LogP contribution in [0.4, 0.5) is 5.69 Å². The maximum absolute atomic E-state index is 12.2. The Kier molecular flexibility index (Phi) is 3.59. The highest BCUT2D eigenvalue weighted by Gasteiger charge is 2.26. The molecular formula is C16H18N4O2. The van der Waals surface area contributed by atoms with Crippen molar-refractivity contribution in [2.75, 3.05) is 18.0 Å². The Morgan fingerprint density at radius 1 is 1.45 bits per heavy atom. The number of hydrogen-bond acceptors (Lipinski definition) is 5. The molecule has 0 aromatic carbocycles. The lowest BCUT2D eigenvalue weighted by atomic mass is 9.96. The van der Waals surface area contributed by atoms with E-state index in [-0.39, 0.29) is 17.6 Å². The van der Waals surface area contributed by atoms with Gasteiger partial charge in [0, 0.05) is 26.2 Å². The summed E-state index contributed by atoms with van der Waals surface area (Å²) in [5.74, 6) is 0.131. The summed E-state index contributed by atoms with van der Waals surface area (Å²) in [5.41, 5.74) is 2.34. The number of anilines is 1. The third kappa shape index (κ3) is 2.34. The minimum Gasteiger partial charge on any atom is -0.393 e. The number of aliphatic hydroxyl groups is 1. The van der Waals surface area contributed by atoms with Gasteiger partial charge >= 0.3 is 0 Å². The molecule has 0 radical (unpaired) electrons. The van der Waals surface area contributed by atoms with Crippen molar-refractivity contribution in [2.24, 2.45) is 13.0 Å². The maximum Gasteiger partial charge on any atom is 0.252 e. The van der Waals surface area contributed by atoms with Gasteiger partial charge in [-0.1, -0.05) is 6.92 Å². The van der Waals surface area contributed by atoms with Crippen LogP contribution in [0.2, 0.25) is 0 Å². The number of pyridine rings is 2. The van der Waals surface area contributed by atoms with E-state index < -0.39 is 0 Å². The van der Waals surface area contributed by atoms with Crippen molar-refractivity contribution in [3.8, 4) is 6.07 Å². The highest BCUT2D eigenvalue weighted by molar-refractivity contribution is 5.88. The van der Waals surface area contributed by atoms with Crippen molar-refractivity contribution < 1.29 is 5.11 Å². The Morgan fingerprint density at radius 3 is 2.91 bits per heavy atom. The first-order valence-electron chi connectivity index (χ1n) is 7.35. The van der Waals surface area contributed by atoms with E-state index in [9.17, 15) is 9.90 Å². The van der Waals surface area contributed by atoms with Gasteiger partial charge in [-0.25, -0.2) is 4.98 Å². The van der Waals surface area contributed by atoms with E-state index in [2.05, 4.69) is 9.88 Å². The lowest BCUT2D eigenvalue weighted by Gasteiger charge is -2.36. The highest BCUT2D eigenvalue weighted by atomic mass is 16.3. The first kappa shape index (κ1) is 14.5. The molecule has 2 aromatic heterocycles. The van der Waals surface area contributed by atoms with Crippen molar-refractivity contribution in [1.29, 1.82) is 5.26 Å². The summed E-state index contributed by atoms with van der Waals surface area (Å²) in [6, 6.07) is 6.99. The molecule has 114 valence electrons. The Morgan fingerprint density at radius 2 is 2.23 bits per heavy atom. The van der Waals surface area contributed by atoms with Gasteiger partial charge in [0.25, 0.3) is 5.56 Å². The van der Waals surface area contributed by atoms with E-state index in [1.807, 2.05) is 13.0 Å². The number of fused-ring (bicyclic) bond motifs is 1. The molecule has 0 unspecified atom stereocenters.